The van der Waals surface area contributed by atoms with Crippen molar-refractivity contribution in [3.63, 3.8) is 0 Å². The van der Waals surface area contributed by atoms with Gasteiger partial charge in [-0.2, -0.15) is 4.31 Å². The van der Waals surface area contributed by atoms with Crippen molar-refractivity contribution in [3.8, 4) is 11.5 Å². The molecule has 0 saturated carbocycles. The molecular formula is C22H27N3O7S. The van der Waals surface area contributed by atoms with E-state index in [-0.39, 0.29) is 31.1 Å². The quantitative estimate of drug-likeness (QED) is 0.539. The molecule has 1 atom stereocenters. The summed E-state index contributed by atoms with van der Waals surface area (Å²) in [5.41, 5.74) is 1.39. The first-order valence-corrected chi connectivity index (χ1v) is 11.7. The van der Waals surface area contributed by atoms with E-state index in [1.165, 1.54) is 30.7 Å². The van der Waals surface area contributed by atoms with Crippen LogP contribution in [0.25, 0.3) is 0 Å². The van der Waals surface area contributed by atoms with Crippen LogP contribution >= 0.6 is 0 Å². The second-order valence-electron chi connectivity index (χ2n) is 7.28. The SMILES string of the molecule is COc1ccc(S(=O)(=O)N2CCOC2CNC(=O)C(=O)NCc2ccccc2OC)cc1C. The number of ether oxygens (including phenoxy) is 3. The van der Waals surface area contributed by atoms with Crippen molar-refractivity contribution in [2.24, 2.45) is 0 Å². The maximum absolute atomic E-state index is 13.1. The van der Waals surface area contributed by atoms with Gasteiger partial charge in [-0.05, 0) is 36.8 Å². The van der Waals surface area contributed by atoms with Gasteiger partial charge in [0.05, 0.1) is 32.3 Å². The number of carbonyl (C=O) groups is 2. The molecule has 0 bridgehead atoms. The zero-order chi connectivity index (χ0) is 24.0. The largest absolute Gasteiger partial charge is 0.496 e. The highest BCUT2D eigenvalue weighted by molar-refractivity contribution is 7.89. The van der Waals surface area contributed by atoms with Crippen molar-refractivity contribution in [1.29, 1.82) is 0 Å². The summed E-state index contributed by atoms with van der Waals surface area (Å²) < 4.78 is 43.3. The van der Waals surface area contributed by atoms with Gasteiger partial charge in [-0.25, -0.2) is 8.42 Å². The maximum Gasteiger partial charge on any atom is 0.309 e. The minimum atomic E-state index is -3.87. The first-order chi connectivity index (χ1) is 15.8. The van der Waals surface area contributed by atoms with Crippen LogP contribution in [0.1, 0.15) is 11.1 Å². The third-order valence-electron chi connectivity index (χ3n) is 5.19. The van der Waals surface area contributed by atoms with E-state index in [4.69, 9.17) is 14.2 Å². The molecule has 11 heteroatoms. The molecule has 0 aliphatic carbocycles. The highest BCUT2D eigenvalue weighted by Crippen LogP contribution is 2.26. The Morgan fingerprint density at radius 1 is 1.06 bits per heavy atom. The summed E-state index contributed by atoms with van der Waals surface area (Å²) in [6.07, 6.45) is -0.927. The lowest BCUT2D eigenvalue weighted by molar-refractivity contribution is -0.139. The first-order valence-electron chi connectivity index (χ1n) is 10.2. The lowest BCUT2D eigenvalue weighted by Gasteiger charge is -2.23. The molecule has 33 heavy (non-hydrogen) atoms. The molecular weight excluding hydrogens is 450 g/mol. The summed E-state index contributed by atoms with van der Waals surface area (Å²) >= 11 is 0. The Labute approximate surface area is 192 Å². The number of amides is 2. The van der Waals surface area contributed by atoms with Gasteiger partial charge in [-0.3, -0.25) is 9.59 Å². The Hall–Kier alpha value is -3.15. The van der Waals surface area contributed by atoms with Crippen LogP contribution in [0.2, 0.25) is 0 Å². The van der Waals surface area contributed by atoms with Crippen molar-refractivity contribution in [2.45, 2.75) is 24.6 Å². The van der Waals surface area contributed by atoms with Crippen molar-refractivity contribution < 1.29 is 32.2 Å². The van der Waals surface area contributed by atoms with E-state index in [0.717, 1.165) is 0 Å². The maximum atomic E-state index is 13.1. The van der Waals surface area contributed by atoms with Gasteiger partial charge in [-0.1, -0.05) is 18.2 Å². The van der Waals surface area contributed by atoms with Crippen LogP contribution in [0.5, 0.6) is 11.5 Å². The minimum absolute atomic E-state index is 0.0946. The fourth-order valence-electron chi connectivity index (χ4n) is 3.45. The van der Waals surface area contributed by atoms with E-state index in [0.29, 0.717) is 22.6 Å². The molecule has 2 amide bonds. The molecule has 178 valence electrons. The van der Waals surface area contributed by atoms with Crippen LogP contribution < -0.4 is 20.1 Å². The van der Waals surface area contributed by atoms with E-state index in [1.54, 1.807) is 37.3 Å². The number of methoxy groups -OCH3 is 2. The number of nitrogens with one attached hydrogen (secondary N) is 2. The van der Waals surface area contributed by atoms with E-state index in [2.05, 4.69) is 10.6 Å². The predicted octanol–water partition coefficient (Wildman–Crippen LogP) is 0.792. The van der Waals surface area contributed by atoms with Gasteiger partial charge >= 0.3 is 11.8 Å². The number of rotatable bonds is 8. The Morgan fingerprint density at radius 2 is 1.76 bits per heavy atom. The van der Waals surface area contributed by atoms with Crippen molar-refractivity contribution in [2.75, 3.05) is 33.9 Å². The normalized spacial score (nSPS) is 16.3. The molecule has 0 spiro atoms. The topological polar surface area (TPSA) is 123 Å². The van der Waals surface area contributed by atoms with Crippen LogP contribution in [0.4, 0.5) is 0 Å². The minimum Gasteiger partial charge on any atom is -0.496 e. The van der Waals surface area contributed by atoms with Gasteiger partial charge in [0.15, 0.2) is 0 Å². The highest BCUT2D eigenvalue weighted by Gasteiger charge is 2.37. The van der Waals surface area contributed by atoms with E-state index in [9.17, 15) is 18.0 Å². The average Bonchev–Trinajstić information content (AvgIpc) is 3.30. The lowest BCUT2D eigenvalue weighted by Crippen LogP contribution is -2.47. The molecule has 0 radical (unpaired) electrons. The van der Waals surface area contributed by atoms with Gasteiger partial charge < -0.3 is 24.8 Å². The molecule has 1 aliphatic heterocycles. The molecule has 3 rings (SSSR count). The molecule has 1 fully saturated rings. The number of para-hydroxylation sites is 1. The third kappa shape index (κ3) is 5.62. The fraction of sp³-hybridized carbons (Fsp3) is 0.364. The van der Waals surface area contributed by atoms with Crippen LogP contribution in [0, 0.1) is 6.92 Å². The standard InChI is InChI=1S/C22H27N3O7S/c1-15-12-17(8-9-18(15)30-2)33(28,29)25-10-11-32-20(25)14-24-22(27)21(26)23-13-16-6-4-5-7-19(16)31-3/h4-9,12,20H,10-11,13-14H2,1-3H3,(H,23,26)(H,24,27). The molecule has 2 N–H and O–H groups in total. The number of sulfonamides is 1. The van der Waals surface area contributed by atoms with Gasteiger partial charge in [-0.15, -0.1) is 0 Å². The number of aryl methyl sites for hydroxylation is 1. The van der Waals surface area contributed by atoms with E-state index in [1.807, 2.05) is 0 Å². The van der Waals surface area contributed by atoms with Gasteiger partial charge in [0.2, 0.25) is 10.0 Å². The van der Waals surface area contributed by atoms with E-state index >= 15 is 0 Å². The van der Waals surface area contributed by atoms with Crippen molar-refractivity contribution >= 4 is 21.8 Å². The van der Waals surface area contributed by atoms with Gasteiger partial charge in [0, 0.05) is 18.7 Å². The Morgan fingerprint density at radius 3 is 2.45 bits per heavy atom. The van der Waals surface area contributed by atoms with Crippen molar-refractivity contribution in [3.05, 3.63) is 53.6 Å². The number of hydrogen-bond donors (Lipinski definition) is 2. The summed E-state index contributed by atoms with van der Waals surface area (Å²) in [4.78, 5) is 24.5. The highest BCUT2D eigenvalue weighted by atomic mass is 32.2. The monoisotopic (exact) mass is 477 g/mol. The Bertz CT molecular complexity index is 1120. The Balaban J connectivity index is 1.59. The van der Waals surface area contributed by atoms with Crippen LogP contribution in [-0.4, -0.2) is 64.7 Å². The van der Waals surface area contributed by atoms with Crippen LogP contribution in [0.3, 0.4) is 0 Å². The molecule has 1 aliphatic rings. The predicted molar refractivity (Wildman–Crippen MR) is 119 cm³/mol. The summed E-state index contributed by atoms with van der Waals surface area (Å²) in [6.45, 7) is 1.99. The smallest absolute Gasteiger partial charge is 0.309 e. The molecule has 0 aromatic heterocycles. The van der Waals surface area contributed by atoms with Crippen LogP contribution in [-0.2, 0) is 30.9 Å². The van der Waals surface area contributed by atoms with Crippen LogP contribution in [0.15, 0.2) is 47.4 Å². The summed E-state index contributed by atoms with van der Waals surface area (Å²) in [5, 5.41) is 4.96. The number of hydrogen-bond acceptors (Lipinski definition) is 7. The number of nitrogens with zero attached hydrogens (tertiary/aromatic N) is 1. The Kier molecular flexibility index (Phi) is 7.90. The molecule has 10 nitrogen and oxygen atoms in total. The van der Waals surface area contributed by atoms with Gasteiger partial charge in [0.25, 0.3) is 0 Å². The zero-order valence-electron chi connectivity index (χ0n) is 18.7. The first kappa shape index (κ1) is 24.5. The van der Waals surface area contributed by atoms with E-state index < -0.39 is 28.1 Å². The molecule has 1 unspecified atom stereocenters. The second kappa shape index (κ2) is 10.6. The average molecular weight is 478 g/mol. The third-order valence-corrected chi connectivity index (χ3v) is 7.08. The summed E-state index contributed by atoms with van der Waals surface area (Å²) in [7, 11) is -0.845. The van der Waals surface area contributed by atoms with Gasteiger partial charge in [0.1, 0.15) is 17.7 Å². The second-order valence-corrected chi connectivity index (χ2v) is 9.17. The number of benzene rings is 2. The molecule has 1 heterocycles. The fourth-order valence-corrected chi connectivity index (χ4v) is 5.05. The summed E-state index contributed by atoms with van der Waals surface area (Å²) in [5.74, 6) is -0.570. The molecule has 2 aromatic rings. The van der Waals surface area contributed by atoms with Crippen molar-refractivity contribution in [1.82, 2.24) is 14.9 Å². The molecule has 2 aromatic carbocycles. The zero-order valence-corrected chi connectivity index (χ0v) is 19.5. The summed E-state index contributed by atoms with van der Waals surface area (Å²) in [6, 6.07) is 11.7. The molecule has 1 saturated heterocycles. The lowest BCUT2D eigenvalue weighted by atomic mass is 10.2. The number of carbonyl (C=O) groups excluding carboxylic acids is 2.